The third-order valence-electron chi connectivity index (χ3n) is 4.62. The van der Waals surface area contributed by atoms with Crippen molar-refractivity contribution >= 4 is 47.0 Å². The summed E-state index contributed by atoms with van der Waals surface area (Å²) in [5.74, 6) is 1.06. The van der Waals surface area contributed by atoms with Crippen LogP contribution in [0.3, 0.4) is 0 Å². The Balaban J connectivity index is 0.00000385. The predicted molar refractivity (Wildman–Crippen MR) is 134 cm³/mol. The number of hydrogen-bond acceptors (Lipinski definition) is 6. The molecule has 0 amide bonds. The number of nitro groups is 1. The van der Waals surface area contributed by atoms with E-state index < -0.39 is 4.92 Å². The number of anilines is 1. The average Bonchev–Trinajstić information content (AvgIpc) is 2.79. The van der Waals surface area contributed by atoms with Gasteiger partial charge < -0.3 is 20.1 Å². The number of nitro benzene ring substituents is 1. The van der Waals surface area contributed by atoms with Gasteiger partial charge in [-0.3, -0.25) is 10.1 Å². The molecular formula is C23H24Cl3N3O4. The number of rotatable bonds is 11. The Morgan fingerprint density at radius 3 is 2.30 bits per heavy atom. The zero-order chi connectivity index (χ0) is 22.9. The molecule has 0 heterocycles. The van der Waals surface area contributed by atoms with E-state index in [1.54, 1.807) is 19.2 Å². The molecule has 0 bridgehead atoms. The zero-order valence-corrected chi connectivity index (χ0v) is 20.2. The molecule has 176 valence electrons. The van der Waals surface area contributed by atoms with E-state index in [0.717, 1.165) is 16.8 Å². The molecule has 0 radical (unpaired) electrons. The number of methoxy groups -OCH3 is 1. The van der Waals surface area contributed by atoms with Crippen LogP contribution in [0.5, 0.6) is 11.5 Å². The van der Waals surface area contributed by atoms with Crippen molar-refractivity contribution in [1.29, 1.82) is 0 Å². The molecule has 3 rings (SSSR count). The Morgan fingerprint density at radius 2 is 1.67 bits per heavy atom. The third-order valence-corrected chi connectivity index (χ3v) is 5.16. The lowest BCUT2D eigenvalue weighted by Crippen LogP contribution is -2.21. The molecular weight excluding hydrogens is 489 g/mol. The van der Waals surface area contributed by atoms with Crippen LogP contribution in [0.25, 0.3) is 0 Å². The lowest BCUT2D eigenvalue weighted by atomic mass is 10.2. The fourth-order valence-corrected chi connectivity index (χ4v) is 3.39. The van der Waals surface area contributed by atoms with E-state index >= 15 is 0 Å². The Bertz CT molecular complexity index is 1050. The zero-order valence-electron chi connectivity index (χ0n) is 17.8. The van der Waals surface area contributed by atoms with Gasteiger partial charge in [0.05, 0.1) is 17.1 Å². The summed E-state index contributed by atoms with van der Waals surface area (Å²) in [5, 5.41) is 18.4. The Morgan fingerprint density at radius 1 is 0.970 bits per heavy atom. The second kappa shape index (κ2) is 13.1. The van der Waals surface area contributed by atoms with E-state index in [0.29, 0.717) is 47.8 Å². The highest BCUT2D eigenvalue weighted by Crippen LogP contribution is 2.37. The van der Waals surface area contributed by atoms with E-state index in [-0.39, 0.29) is 18.1 Å². The van der Waals surface area contributed by atoms with Gasteiger partial charge in [-0.05, 0) is 47.5 Å². The molecule has 0 aliphatic rings. The molecule has 0 atom stereocenters. The van der Waals surface area contributed by atoms with E-state index in [4.69, 9.17) is 32.7 Å². The molecule has 0 aliphatic heterocycles. The van der Waals surface area contributed by atoms with Crippen LogP contribution in [0.1, 0.15) is 11.1 Å². The number of non-ortho nitro benzene ring substituents is 1. The molecule has 0 aliphatic carbocycles. The fraction of sp³-hybridized carbons (Fsp3) is 0.217. The molecule has 10 heteroatoms. The molecule has 0 aromatic heterocycles. The van der Waals surface area contributed by atoms with Crippen LogP contribution >= 0.6 is 35.6 Å². The second-order valence-electron chi connectivity index (χ2n) is 6.93. The van der Waals surface area contributed by atoms with E-state index in [2.05, 4.69) is 10.6 Å². The first-order valence-electron chi connectivity index (χ1n) is 9.89. The van der Waals surface area contributed by atoms with Gasteiger partial charge in [0.1, 0.15) is 6.61 Å². The van der Waals surface area contributed by atoms with Crippen LogP contribution in [0.15, 0.2) is 60.7 Å². The summed E-state index contributed by atoms with van der Waals surface area (Å²) in [5.41, 5.74) is 2.82. The number of nitrogens with zero attached hydrogens (tertiary/aromatic N) is 1. The molecule has 33 heavy (non-hydrogen) atoms. The fourth-order valence-electron chi connectivity index (χ4n) is 2.98. The first kappa shape index (κ1) is 26.5. The van der Waals surface area contributed by atoms with Gasteiger partial charge in [-0.2, -0.15) is 0 Å². The van der Waals surface area contributed by atoms with Gasteiger partial charge in [-0.1, -0.05) is 35.3 Å². The molecule has 0 saturated carbocycles. The van der Waals surface area contributed by atoms with Gasteiger partial charge >= 0.3 is 0 Å². The standard InChI is InChI=1S/C23H23Cl2N3O4.ClH/c1-31-22-13-17(12-21(25)23(22)32-15-16-2-4-18(24)5-3-16)14-26-10-11-27-19-6-8-20(9-7-19)28(29)30;/h2-9,12-13,26-27H,10-11,14-15H2,1H3;1H. The minimum absolute atomic E-state index is 0. The van der Waals surface area contributed by atoms with Gasteiger partial charge in [0.2, 0.25) is 0 Å². The minimum Gasteiger partial charge on any atom is -0.493 e. The number of benzene rings is 3. The minimum atomic E-state index is -0.418. The van der Waals surface area contributed by atoms with Crippen molar-refractivity contribution in [2.75, 3.05) is 25.5 Å². The monoisotopic (exact) mass is 511 g/mol. The van der Waals surface area contributed by atoms with Crippen LogP contribution in [-0.2, 0) is 13.2 Å². The second-order valence-corrected chi connectivity index (χ2v) is 7.78. The summed E-state index contributed by atoms with van der Waals surface area (Å²) in [4.78, 5) is 10.3. The Hall–Kier alpha value is -2.71. The first-order valence-corrected chi connectivity index (χ1v) is 10.6. The summed E-state index contributed by atoms with van der Waals surface area (Å²) in [6, 6.07) is 17.5. The topological polar surface area (TPSA) is 85.7 Å². The van der Waals surface area contributed by atoms with Crippen LogP contribution in [-0.4, -0.2) is 25.1 Å². The van der Waals surface area contributed by atoms with E-state index in [1.165, 1.54) is 12.1 Å². The largest absolute Gasteiger partial charge is 0.493 e. The SMILES string of the molecule is COc1cc(CNCCNc2ccc([N+](=O)[O-])cc2)cc(Cl)c1OCc1ccc(Cl)cc1.Cl. The summed E-state index contributed by atoms with van der Waals surface area (Å²) < 4.78 is 11.3. The van der Waals surface area contributed by atoms with Gasteiger partial charge in [-0.15, -0.1) is 12.4 Å². The molecule has 0 fully saturated rings. The van der Waals surface area contributed by atoms with Gasteiger partial charge in [-0.25, -0.2) is 0 Å². The summed E-state index contributed by atoms with van der Waals surface area (Å²) in [6.07, 6.45) is 0. The maximum absolute atomic E-state index is 10.7. The normalized spacial score (nSPS) is 10.3. The molecule has 3 aromatic carbocycles. The van der Waals surface area contributed by atoms with Crippen molar-refractivity contribution in [1.82, 2.24) is 5.32 Å². The number of ether oxygens (including phenoxy) is 2. The number of nitrogens with one attached hydrogen (secondary N) is 2. The highest BCUT2D eigenvalue weighted by molar-refractivity contribution is 6.32. The Kier molecular flexibility index (Phi) is 10.5. The van der Waals surface area contributed by atoms with Crippen molar-refractivity contribution in [3.8, 4) is 11.5 Å². The molecule has 0 saturated heterocycles. The lowest BCUT2D eigenvalue weighted by molar-refractivity contribution is -0.384. The van der Waals surface area contributed by atoms with Crippen molar-refractivity contribution in [2.45, 2.75) is 13.2 Å². The highest BCUT2D eigenvalue weighted by Gasteiger charge is 2.12. The van der Waals surface area contributed by atoms with Crippen LogP contribution < -0.4 is 20.1 Å². The van der Waals surface area contributed by atoms with Gasteiger partial charge in [0, 0.05) is 42.5 Å². The van der Waals surface area contributed by atoms with Crippen molar-refractivity contribution in [2.24, 2.45) is 0 Å². The van der Waals surface area contributed by atoms with Gasteiger partial charge in [0.25, 0.3) is 5.69 Å². The quantitative estimate of drug-likeness (QED) is 0.183. The first-order chi connectivity index (χ1) is 15.5. The van der Waals surface area contributed by atoms with Crippen LogP contribution in [0.2, 0.25) is 10.0 Å². The van der Waals surface area contributed by atoms with Crippen molar-refractivity contribution in [3.63, 3.8) is 0 Å². The van der Waals surface area contributed by atoms with Gasteiger partial charge in [0.15, 0.2) is 11.5 Å². The van der Waals surface area contributed by atoms with E-state index in [9.17, 15) is 10.1 Å². The molecule has 2 N–H and O–H groups in total. The van der Waals surface area contributed by atoms with Crippen LogP contribution in [0, 0.1) is 10.1 Å². The molecule has 7 nitrogen and oxygen atoms in total. The van der Waals surface area contributed by atoms with E-state index in [1.807, 2.05) is 36.4 Å². The predicted octanol–water partition coefficient (Wildman–Crippen LogP) is 6.11. The van der Waals surface area contributed by atoms with Crippen molar-refractivity contribution in [3.05, 3.63) is 92.0 Å². The average molecular weight is 513 g/mol. The van der Waals surface area contributed by atoms with Crippen LogP contribution in [0.4, 0.5) is 11.4 Å². The maximum Gasteiger partial charge on any atom is 0.269 e. The van der Waals surface area contributed by atoms with Crippen molar-refractivity contribution < 1.29 is 14.4 Å². The smallest absolute Gasteiger partial charge is 0.269 e. The Labute approximate surface area is 208 Å². The molecule has 0 spiro atoms. The number of hydrogen-bond donors (Lipinski definition) is 2. The maximum atomic E-state index is 10.7. The molecule has 3 aromatic rings. The third kappa shape index (κ3) is 7.98. The molecule has 0 unspecified atom stereocenters. The lowest BCUT2D eigenvalue weighted by Gasteiger charge is -2.15. The highest BCUT2D eigenvalue weighted by atomic mass is 35.5. The summed E-state index contributed by atoms with van der Waals surface area (Å²) in [7, 11) is 1.58. The number of halogens is 3. The summed E-state index contributed by atoms with van der Waals surface area (Å²) >= 11 is 12.4. The summed E-state index contributed by atoms with van der Waals surface area (Å²) in [6.45, 7) is 2.28.